The molecule has 2 aliphatic heterocycles. The molecule has 0 atom stereocenters. The third kappa shape index (κ3) is 3.41. The summed E-state index contributed by atoms with van der Waals surface area (Å²) < 4.78 is 2.80. The summed E-state index contributed by atoms with van der Waals surface area (Å²) in [7, 11) is 0. The molecule has 1 spiro atoms. The first-order chi connectivity index (χ1) is 23.3. The van der Waals surface area contributed by atoms with Crippen LogP contribution in [0.3, 0.4) is 0 Å². The van der Waals surface area contributed by atoms with E-state index in [1.165, 1.54) is 96.5 Å². The number of benzene rings is 5. The van der Waals surface area contributed by atoms with Crippen LogP contribution in [-0.4, -0.2) is 6.71 Å². The van der Waals surface area contributed by atoms with Gasteiger partial charge in [0.05, 0.1) is 0 Å². The van der Waals surface area contributed by atoms with Gasteiger partial charge in [-0.25, -0.2) is 0 Å². The van der Waals surface area contributed by atoms with Gasteiger partial charge in [-0.1, -0.05) is 91.1 Å². The first-order valence-corrected chi connectivity index (χ1v) is 18.1. The summed E-state index contributed by atoms with van der Waals surface area (Å²) in [5.74, 6) is 0. The van der Waals surface area contributed by atoms with E-state index in [1.807, 2.05) is 11.3 Å². The lowest BCUT2D eigenvalue weighted by Crippen LogP contribution is -2.58. The minimum absolute atomic E-state index is 0.0246. The molecule has 0 radical (unpaired) electrons. The third-order valence-corrected chi connectivity index (χ3v) is 12.7. The van der Waals surface area contributed by atoms with Crippen molar-refractivity contribution in [2.24, 2.45) is 0 Å². The van der Waals surface area contributed by atoms with Crippen molar-refractivity contribution in [3.8, 4) is 0 Å². The van der Waals surface area contributed by atoms with Crippen molar-refractivity contribution in [2.75, 3.05) is 9.80 Å². The van der Waals surface area contributed by atoms with Crippen molar-refractivity contribution in [3.63, 3.8) is 0 Å². The van der Waals surface area contributed by atoms with Gasteiger partial charge < -0.3 is 9.80 Å². The maximum Gasteiger partial charge on any atom is 0.248 e. The summed E-state index contributed by atoms with van der Waals surface area (Å²) in [6.45, 7) is 0.206. The molecule has 0 bridgehead atoms. The van der Waals surface area contributed by atoms with Crippen molar-refractivity contribution < 1.29 is 0 Å². The largest absolute Gasteiger partial charge is 0.312 e. The zero-order valence-electron chi connectivity index (χ0n) is 26.2. The van der Waals surface area contributed by atoms with E-state index in [0.717, 1.165) is 12.8 Å². The second kappa shape index (κ2) is 9.62. The molecule has 0 N–H and O–H groups in total. The van der Waals surface area contributed by atoms with E-state index in [2.05, 4.69) is 137 Å². The number of anilines is 4. The van der Waals surface area contributed by atoms with Gasteiger partial charge in [-0.3, -0.25) is 0 Å². The molecule has 0 amide bonds. The molecule has 1 fully saturated rings. The van der Waals surface area contributed by atoms with Gasteiger partial charge >= 0.3 is 0 Å². The molecular weight excluding hydrogens is 587 g/mol. The predicted molar refractivity (Wildman–Crippen MR) is 201 cm³/mol. The highest BCUT2D eigenvalue weighted by molar-refractivity contribution is 7.25. The molecule has 6 aromatic rings. The molecule has 11 rings (SSSR count). The number of thiophene rings is 1. The van der Waals surface area contributed by atoms with Crippen LogP contribution in [0.2, 0.25) is 0 Å². The molecule has 0 unspecified atom stereocenters. The van der Waals surface area contributed by atoms with Crippen LogP contribution >= 0.6 is 11.3 Å². The molecular formula is C43H33BN2S. The maximum absolute atomic E-state index is 2.65. The van der Waals surface area contributed by atoms with E-state index in [0.29, 0.717) is 0 Å². The fourth-order valence-corrected chi connectivity index (χ4v) is 10.9. The highest BCUT2D eigenvalue weighted by atomic mass is 32.1. The summed E-state index contributed by atoms with van der Waals surface area (Å²) in [6.07, 6.45) is 14.3. The molecule has 2 nitrogen and oxygen atoms in total. The zero-order chi connectivity index (χ0) is 30.7. The highest BCUT2D eigenvalue weighted by Gasteiger charge is 2.56. The monoisotopic (exact) mass is 620 g/mol. The Balaban J connectivity index is 1.28. The summed E-state index contributed by atoms with van der Waals surface area (Å²) in [5, 5.41) is 2.77. The topological polar surface area (TPSA) is 6.48 Å². The Morgan fingerprint density at radius 1 is 0.660 bits per heavy atom. The summed E-state index contributed by atoms with van der Waals surface area (Å²) in [6, 6.07) is 41.7. The first kappa shape index (κ1) is 26.3. The van der Waals surface area contributed by atoms with Crippen molar-refractivity contribution in [3.05, 3.63) is 150 Å². The minimum atomic E-state index is 0.0246. The van der Waals surface area contributed by atoms with Gasteiger partial charge in [0, 0.05) is 65.3 Å². The zero-order valence-corrected chi connectivity index (χ0v) is 27.1. The molecule has 3 heterocycles. The van der Waals surface area contributed by atoms with Gasteiger partial charge in [0.25, 0.3) is 0 Å². The quantitative estimate of drug-likeness (QED) is 0.178. The standard InChI is InChI=1S/C43H33BN2S/c1-3-14-28(15-4-1)45-35-20-9-8-19-34(35)44-40-36(45)21-13-22-37(40)46(29-16-5-2-6-17-29)41-32-26-31-30-18-7-10-23-38(30)47-39(31)27-33(32)43(42(41)44)24-11-12-25-43/h2-3,5-10,13-23,26-27H,1,4,11-12,24-25H2. The average molecular weight is 621 g/mol. The molecule has 0 saturated heterocycles. The van der Waals surface area contributed by atoms with Crippen LogP contribution in [0.5, 0.6) is 0 Å². The van der Waals surface area contributed by atoms with E-state index < -0.39 is 0 Å². The Bertz CT molecular complexity index is 2390. The van der Waals surface area contributed by atoms with Gasteiger partial charge in [-0.2, -0.15) is 0 Å². The number of para-hydroxylation sites is 2. The van der Waals surface area contributed by atoms with Crippen LogP contribution in [0.1, 0.15) is 49.7 Å². The summed E-state index contributed by atoms with van der Waals surface area (Å²) in [5.41, 5.74) is 15.5. The molecule has 224 valence electrons. The highest BCUT2D eigenvalue weighted by Crippen LogP contribution is 2.61. The lowest BCUT2D eigenvalue weighted by Gasteiger charge is -2.46. The van der Waals surface area contributed by atoms with Crippen molar-refractivity contribution in [1.82, 2.24) is 0 Å². The molecule has 5 aliphatic rings. The lowest BCUT2D eigenvalue weighted by atomic mass is 9.30. The van der Waals surface area contributed by atoms with Crippen LogP contribution in [0.4, 0.5) is 22.7 Å². The first-order valence-electron chi connectivity index (χ1n) is 17.3. The SMILES string of the molecule is C1=CC(N2c3ccccc3B3C4=C(c5cc6c(cc5C45CCCC5)sc4ccccc46)N(c4ccccc4)c4cccc2c43)=CCC1. The van der Waals surface area contributed by atoms with Gasteiger partial charge in [-0.05, 0) is 96.8 Å². The van der Waals surface area contributed by atoms with Gasteiger partial charge in [0.15, 0.2) is 0 Å². The number of hydrogen-bond acceptors (Lipinski definition) is 3. The minimum Gasteiger partial charge on any atom is -0.312 e. The van der Waals surface area contributed by atoms with Crippen LogP contribution in [0, 0.1) is 0 Å². The molecule has 5 aromatic carbocycles. The van der Waals surface area contributed by atoms with Crippen molar-refractivity contribution >= 4 is 77.6 Å². The van der Waals surface area contributed by atoms with Gasteiger partial charge in [0.1, 0.15) is 0 Å². The normalized spacial score (nSPS) is 18.6. The fourth-order valence-electron chi connectivity index (χ4n) is 9.81. The Labute approximate surface area is 280 Å². The smallest absolute Gasteiger partial charge is 0.248 e. The number of rotatable bonds is 2. The van der Waals surface area contributed by atoms with E-state index >= 15 is 0 Å². The lowest BCUT2D eigenvalue weighted by molar-refractivity contribution is 0.555. The summed E-state index contributed by atoms with van der Waals surface area (Å²) in [4.78, 5) is 5.20. The number of allylic oxidation sites excluding steroid dienone is 4. The molecule has 3 aliphatic carbocycles. The van der Waals surface area contributed by atoms with E-state index in [4.69, 9.17) is 0 Å². The van der Waals surface area contributed by atoms with Crippen molar-refractivity contribution in [1.29, 1.82) is 0 Å². The molecule has 47 heavy (non-hydrogen) atoms. The Morgan fingerprint density at radius 3 is 2.28 bits per heavy atom. The third-order valence-electron chi connectivity index (χ3n) is 11.6. The van der Waals surface area contributed by atoms with Crippen LogP contribution in [0.25, 0.3) is 25.9 Å². The Kier molecular flexibility index (Phi) is 5.38. The molecule has 1 aromatic heterocycles. The van der Waals surface area contributed by atoms with E-state index in [1.54, 1.807) is 11.0 Å². The number of nitrogens with zero attached hydrogens (tertiary/aromatic N) is 2. The summed E-state index contributed by atoms with van der Waals surface area (Å²) >= 11 is 1.96. The predicted octanol–water partition coefficient (Wildman–Crippen LogP) is 10.3. The second-order valence-corrected chi connectivity index (χ2v) is 14.9. The van der Waals surface area contributed by atoms with Crippen LogP contribution in [-0.2, 0) is 5.41 Å². The van der Waals surface area contributed by atoms with E-state index in [9.17, 15) is 0 Å². The van der Waals surface area contributed by atoms with Crippen molar-refractivity contribution in [2.45, 2.75) is 43.9 Å². The number of hydrogen-bond donors (Lipinski definition) is 0. The van der Waals surface area contributed by atoms with E-state index in [-0.39, 0.29) is 12.1 Å². The Hall–Kier alpha value is -4.80. The molecule has 1 saturated carbocycles. The van der Waals surface area contributed by atoms with Gasteiger partial charge in [-0.15, -0.1) is 11.3 Å². The average Bonchev–Trinajstić information content (AvgIpc) is 3.83. The van der Waals surface area contributed by atoms with Crippen LogP contribution in [0.15, 0.2) is 139 Å². The van der Waals surface area contributed by atoms with Crippen LogP contribution < -0.4 is 20.7 Å². The maximum atomic E-state index is 2.65. The Morgan fingerprint density at radius 2 is 1.43 bits per heavy atom. The fraction of sp³-hybridized carbons (Fsp3) is 0.163. The molecule has 4 heteroatoms. The second-order valence-electron chi connectivity index (χ2n) is 13.9. The number of fused-ring (bicyclic) bond motifs is 10. The van der Waals surface area contributed by atoms with Gasteiger partial charge in [0.2, 0.25) is 6.71 Å².